The molecule has 0 aromatic heterocycles. The molecule has 6 nitrogen and oxygen atoms in total. The molecule has 0 amide bonds. The fourth-order valence-corrected chi connectivity index (χ4v) is 4.82. The van der Waals surface area contributed by atoms with Crippen molar-refractivity contribution in [2.75, 3.05) is 75.8 Å². The maximum atomic E-state index is 11.1. The number of rotatable bonds is 13. The van der Waals surface area contributed by atoms with Gasteiger partial charge in [0.2, 0.25) is 0 Å². The van der Waals surface area contributed by atoms with Crippen molar-refractivity contribution in [3.05, 3.63) is 0 Å². The van der Waals surface area contributed by atoms with Crippen molar-refractivity contribution < 1.29 is 16.8 Å². The van der Waals surface area contributed by atoms with Crippen molar-refractivity contribution >= 4 is 41.3 Å². The van der Waals surface area contributed by atoms with Gasteiger partial charge in [-0.1, -0.05) is 21.6 Å². The summed E-state index contributed by atoms with van der Waals surface area (Å²) in [6.07, 6.45) is 2.51. The lowest BCUT2D eigenvalue weighted by molar-refractivity contribution is 0.376. The van der Waals surface area contributed by atoms with Gasteiger partial charge in [0, 0.05) is 50.2 Å². The maximum absolute atomic E-state index is 11.1. The van der Waals surface area contributed by atoms with Crippen molar-refractivity contribution in [1.82, 2.24) is 9.80 Å². The minimum absolute atomic E-state index is 0.201. The highest BCUT2D eigenvalue weighted by Gasteiger charge is 2.06. The van der Waals surface area contributed by atoms with E-state index in [0.717, 1.165) is 24.6 Å². The molecule has 0 spiro atoms. The van der Waals surface area contributed by atoms with Crippen LogP contribution in [0.1, 0.15) is 0 Å². The van der Waals surface area contributed by atoms with Crippen LogP contribution in [0.15, 0.2) is 0 Å². The van der Waals surface area contributed by atoms with Crippen LogP contribution in [0.2, 0.25) is 0 Å². The van der Waals surface area contributed by atoms with Crippen LogP contribution in [0.5, 0.6) is 0 Å². The molecule has 10 heteroatoms. The number of hydrogen-bond donors (Lipinski definition) is 0. The fraction of sp³-hybridized carbons (Fsp3) is 1.00. The second-order valence-corrected chi connectivity index (χ2v) is 12.7. The topological polar surface area (TPSA) is 74.8 Å². The smallest absolute Gasteiger partial charge is 0.148 e. The van der Waals surface area contributed by atoms with Gasteiger partial charge in [0.1, 0.15) is 19.7 Å². The van der Waals surface area contributed by atoms with Crippen LogP contribution < -0.4 is 0 Å². The lowest BCUT2D eigenvalue weighted by atomic mass is 10.6. The molecule has 0 unspecified atom stereocenters. The van der Waals surface area contributed by atoms with E-state index >= 15 is 0 Å². The van der Waals surface area contributed by atoms with E-state index in [0.29, 0.717) is 13.1 Å². The molecule has 0 heterocycles. The Bertz CT molecular complexity index is 447. The summed E-state index contributed by atoms with van der Waals surface area (Å²) in [6.45, 7) is 2.85. The summed E-state index contributed by atoms with van der Waals surface area (Å²) >= 11 is 0. The number of nitrogens with zero attached hydrogens (tertiary/aromatic N) is 2. The van der Waals surface area contributed by atoms with E-state index in [1.54, 1.807) is 21.6 Å². The van der Waals surface area contributed by atoms with Crippen LogP contribution in [0.3, 0.4) is 0 Å². The summed E-state index contributed by atoms with van der Waals surface area (Å²) in [5, 5.41) is 0. The molecule has 0 bridgehead atoms. The van der Waals surface area contributed by atoms with Crippen LogP contribution >= 0.6 is 21.6 Å². The Morgan fingerprint density at radius 2 is 1.00 bits per heavy atom. The van der Waals surface area contributed by atoms with Gasteiger partial charge in [-0.25, -0.2) is 16.8 Å². The van der Waals surface area contributed by atoms with Gasteiger partial charge >= 0.3 is 0 Å². The molecular weight excluding hydrogens is 364 g/mol. The highest BCUT2D eigenvalue weighted by atomic mass is 33.1. The summed E-state index contributed by atoms with van der Waals surface area (Å²) in [7, 11) is 1.60. The van der Waals surface area contributed by atoms with Crippen molar-refractivity contribution in [2.24, 2.45) is 0 Å². The summed E-state index contributed by atoms with van der Waals surface area (Å²) in [5.41, 5.74) is 0. The first kappa shape index (κ1) is 22.5. The Labute approximate surface area is 143 Å². The van der Waals surface area contributed by atoms with Gasteiger partial charge in [0.15, 0.2) is 0 Å². The van der Waals surface area contributed by atoms with Gasteiger partial charge < -0.3 is 9.80 Å². The molecule has 0 radical (unpaired) electrons. The predicted molar refractivity (Wildman–Crippen MR) is 99.3 cm³/mol. The Balaban J connectivity index is 3.53. The fourth-order valence-electron chi connectivity index (χ4n) is 1.37. The SMILES string of the molecule is CN(CCSSCCN(C)CCS(C)(=O)=O)CCS(C)(=O)=O. The largest absolute Gasteiger partial charge is 0.305 e. The third kappa shape index (κ3) is 16.9. The lowest BCUT2D eigenvalue weighted by Crippen LogP contribution is -2.27. The van der Waals surface area contributed by atoms with Gasteiger partial charge in [0.05, 0.1) is 11.5 Å². The Morgan fingerprint density at radius 1 is 0.682 bits per heavy atom. The molecule has 134 valence electrons. The molecule has 0 aromatic rings. The summed E-state index contributed by atoms with van der Waals surface area (Å²) in [6, 6.07) is 0. The zero-order valence-corrected chi connectivity index (χ0v) is 17.1. The number of sulfone groups is 2. The first-order valence-electron chi connectivity index (χ1n) is 6.96. The molecule has 0 aromatic carbocycles. The van der Waals surface area contributed by atoms with E-state index in [1.165, 1.54) is 12.5 Å². The quantitative estimate of drug-likeness (QED) is 0.328. The van der Waals surface area contributed by atoms with Crippen LogP contribution in [0, 0.1) is 0 Å². The highest BCUT2D eigenvalue weighted by molar-refractivity contribution is 8.76. The Hall–Kier alpha value is 0.520. The molecule has 0 rings (SSSR count). The van der Waals surface area contributed by atoms with Crippen LogP contribution in [-0.2, 0) is 19.7 Å². The van der Waals surface area contributed by atoms with Crippen LogP contribution in [0.4, 0.5) is 0 Å². The lowest BCUT2D eigenvalue weighted by Gasteiger charge is -2.16. The van der Waals surface area contributed by atoms with Crippen molar-refractivity contribution in [2.45, 2.75) is 0 Å². The minimum Gasteiger partial charge on any atom is -0.305 e. The van der Waals surface area contributed by atoms with Gasteiger partial charge in [-0.05, 0) is 14.1 Å². The van der Waals surface area contributed by atoms with Gasteiger partial charge in [-0.2, -0.15) is 0 Å². The van der Waals surface area contributed by atoms with Gasteiger partial charge in [-0.3, -0.25) is 0 Å². The van der Waals surface area contributed by atoms with E-state index in [-0.39, 0.29) is 11.5 Å². The van der Waals surface area contributed by atoms with E-state index in [4.69, 9.17) is 0 Å². The molecule has 0 N–H and O–H groups in total. The molecular formula is C12H28N2O4S4. The molecule has 22 heavy (non-hydrogen) atoms. The molecule has 0 aliphatic heterocycles. The normalized spacial score (nSPS) is 13.2. The van der Waals surface area contributed by atoms with Crippen LogP contribution in [0.25, 0.3) is 0 Å². The Kier molecular flexibility index (Phi) is 11.4. The molecule has 0 atom stereocenters. The molecule has 0 fully saturated rings. The minimum atomic E-state index is -2.89. The summed E-state index contributed by atoms with van der Waals surface area (Å²) < 4.78 is 44.2. The first-order valence-corrected chi connectivity index (χ1v) is 13.6. The van der Waals surface area contributed by atoms with E-state index in [9.17, 15) is 16.8 Å². The maximum Gasteiger partial charge on any atom is 0.148 e. The summed E-state index contributed by atoms with van der Waals surface area (Å²) in [5.74, 6) is 2.29. The average molecular weight is 393 g/mol. The third-order valence-electron chi connectivity index (χ3n) is 2.88. The van der Waals surface area contributed by atoms with Crippen LogP contribution in [-0.4, -0.2) is 102 Å². The van der Waals surface area contributed by atoms with E-state index in [2.05, 4.69) is 0 Å². The first-order chi connectivity index (χ1) is 9.99. The second-order valence-electron chi connectivity index (χ2n) is 5.51. The molecule has 0 saturated carbocycles. The van der Waals surface area contributed by atoms with Gasteiger partial charge in [-0.15, -0.1) is 0 Å². The summed E-state index contributed by atoms with van der Waals surface area (Å²) in [4.78, 5) is 4.04. The number of hydrogen-bond acceptors (Lipinski definition) is 8. The third-order valence-corrected chi connectivity index (χ3v) is 7.10. The average Bonchev–Trinajstić information content (AvgIpc) is 2.36. The second kappa shape index (κ2) is 11.1. The van der Waals surface area contributed by atoms with Gasteiger partial charge in [0.25, 0.3) is 0 Å². The molecule has 0 aliphatic carbocycles. The zero-order valence-electron chi connectivity index (χ0n) is 13.8. The zero-order chi connectivity index (χ0) is 17.2. The monoisotopic (exact) mass is 392 g/mol. The van der Waals surface area contributed by atoms with Crippen molar-refractivity contribution in [3.63, 3.8) is 0 Å². The predicted octanol–water partition coefficient (Wildman–Crippen LogP) is 0.321. The van der Waals surface area contributed by atoms with E-state index < -0.39 is 19.7 Å². The van der Waals surface area contributed by atoms with E-state index in [1.807, 2.05) is 23.9 Å². The van der Waals surface area contributed by atoms with Crippen molar-refractivity contribution in [3.8, 4) is 0 Å². The molecule has 0 aliphatic rings. The molecule has 0 saturated heterocycles. The van der Waals surface area contributed by atoms with Crippen molar-refractivity contribution in [1.29, 1.82) is 0 Å². The highest BCUT2D eigenvalue weighted by Crippen LogP contribution is 2.20. The Morgan fingerprint density at radius 3 is 1.27 bits per heavy atom. The standard InChI is InChI=1S/C12H28N2O4S4/c1-13(7-11-21(3,15)16)5-9-19-20-10-6-14(2)8-12-22(4,17)18/h5-12H2,1-4H3.